The standard InChI is InChI=1S/C7H8F2N2OS/c1-3-5(4(2)13-11-3)10-7(12)6(8)9/h6H,1-2H3,(H,10,12). The van der Waals surface area contributed by atoms with Crippen LogP contribution in [-0.4, -0.2) is 16.7 Å². The molecule has 72 valence electrons. The summed E-state index contributed by atoms with van der Waals surface area (Å²) in [5, 5.41) is 2.12. The summed E-state index contributed by atoms with van der Waals surface area (Å²) in [5.74, 6) is -1.29. The molecule has 0 aliphatic carbocycles. The zero-order valence-corrected chi connectivity index (χ0v) is 7.91. The summed E-state index contributed by atoms with van der Waals surface area (Å²) in [5.41, 5.74) is 0.965. The van der Waals surface area contributed by atoms with E-state index in [1.807, 2.05) is 0 Å². The summed E-state index contributed by atoms with van der Waals surface area (Å²) >= 11 is 1.18. The molecule has 0 spiro atoms. The molecule has 1 N–H and O–H groups in total. The Kier molecular flexibility index (Phi) is 2.92. The molecule has 13 heavy (non-hydrogen) atoms. The van der Waals surface area contributed by atoms with E-state index < -0.39 is 12.3 Å². The van der Waals surface area contributed by atoms with E-state index in [2.05, 4.69) is 9.69 Å². The van der Waals surface area contributed by atoms with E-state index in [1.54, 1.807) is 13.8 Å². The lowest BCUT2D eigenvalue weighted by Gasteiger charge is -2.03. The number of carbonyl (C=O) groups is 1. The molecule has 0 atom stereocenters. The molecule has 0 fully saturated rings. The third kappa shape index (κ3) is 2.21. The minimum absolute atomic E-state index is 0.398. The maximum atomic E-state index is 11.9. The first kappa shape index (κ1) is 10.0. The molecule has 0 bridgehead atoms. The first-order chi connectivity index (χ1) is 6.02. The third-order valence-electron chi connectivity index (χ3n) is 1.48. The number of nitrogens with one attached hydrogen (secondary N) is 1. The largest absolute Gasteiger partial charge is 0.319 e. The average Bonchev–Trinajstić information content (AvgIpc) is 2.35. The molecule has 0 radical (unpaired) electrons. The Bertz CT molecular complexity index is 305. The van der Waals surface area contributed by atoms with Gasteiger partial charge in [-0.15, -0.1) is 0 Å². The lowest BCUT2D eigenvalue weighted by atomic mass is 10.3. The van der Waals surface area contributed by atoms with Gasteiger partial charge in [0.1, 0.15) is 0 Å². The molecule has 6 heteroatoms. The van der Waals surface area contributed by atoms with E-state index in [9.17, 15) is 13.6 Å². The molecule has 1 aromatic rings. The van der Waals surface area contributed by atoms with Gasteiger partial charge in [-0.1, -0.05) is 0 Å². The number of carbonyl (C=O) groups excluding carboxylic acids is 1. The van der Waals surface area contributed by atoms with Gasteiger partial charge in [-0.3, -0.25) is 4.79 Å². The van der Waals surface area contributed by atoms with Crippen LogP contribution in [0.5, 0.6) is 0 Å². The quantitative estimate of drug-likeness (QED) is 0.803. The van der Waals surface area contributed by atoms with Crippen molar-refractivity contribution >= 4 is 23.1 Å². The van der Waals surface area contributed by atoms with Crippen LogP contribution in [0.15, 0.2) is 0 Å². The summed E-state index contributed by atoms with van der Waals surface area (Å²) in [4.78, 5) is 11.4. The van der Waals surface area contributed by atoms with Gasteiger partial charge in [0.2, 0.25) is 0 Å². The Balaban J connectivity index is 2.79. The highest BCUT2D eigenvalue weighted by Crippen LogP contribution is 2.23. The normalized spacial score (nSPS) is 10.5. The number of hydrogen-bond donors (Lipinski definition) is 1. The molecule has 1 heterocycles. The predicted molar refractivity (Wildman–Crippen MR) is 46.2 cm³/mol. The van der Waals surface area contributed by atoms with Gasteiger partial charge in [0.05, 0.1) is 11.4 Å². The van der Waals surface area contributed by atoms with Gasteiger partial charge in [-0.25, -0.2) is 0 Å². The fourth-order valence-corrected chi connectivity index (χ4v) is 1.49. The Labute approximate surface area is 77.9 Å². The van der Waals surface area contributed by atoms with Gasteiger partial charge >= 0.3 is 6.43 Å². The van der Waals surface area contributed by atoms with E-state index in [4.69, 9.17) is 0 Å². The van der Waals surface area contributed by atoms with Gasteiger partial charge in [-0.05, 0) is 25.4 Å². The second-order valence-corrected chi connectivity index (χ2v) is 3.47. The first-order valence-corrected chi connectivity index (χ1v) is 4.31. The zero-order chi connectivity index (χ0) is 10.0. The SMILES string of the molecule is Cc1nsc(C)c1NC(=O)C(F)F. The van der Waals surface area contributed by atoms with Crippen LogP contribution in [0.1, 0.15) is 10.6 Å². The van der Waals surface area contributed by atoms with E-state index in [0.717, 1.165) is 4.88 Å². The number of aromatic nitrogens is 1. The van der Waals surface area contributed by atoms with Crippen LogP contribution >= 0.6 is 11.5 Å². The minimum Gasteiger partial charge on any atom is -0.319 e. The molecule has 3 nitrogen and oxygen atoms in total. The average molecular weight is 206 g/mol. The topological polar surface area (TPSA) is 42.0 Å². The number of hydrogen-bond acceptors (Lipinski definition) is 3. The molecule has 0 aliphatic rings. The van der Waals surface area contributed by atoms with Crippen LogP contribution in [0.4, 0.5) is 14.5 Å². The van der Waals surface area contributed by atoms with Crippen LogP contribution in [-0.2, 0) is 4.79 Å². The highest BCUT2D eigenvalue weighted by Gasteiger charge is 2.18. The molecule has 0 unspecified atom stereocenters. The van der Waals surface area contributed by atoms with Crippen molar-refractivity contribution in [1.29, 1.82) is 0 Å². The van der Waals surface area contributed by atoms with Crippen molar-refractivity contribution < 1.29 is 13.6 Å². The fraction of sp³-hybridized carbons (Fsp3) is 0.429. The number of aryl methyl sites for hydroxylation is 2. The monoisotopic (exact) mass is 206 g/mol. The second kappa shape index (κ2) is 3.78. The van der Waals surface area contributed by atoms with E-state index in [0.29, 0.717) is 11.4 Å². The van der Waals surface area contributed by atoms with Crippen molar-refractivity contribution in [3.63, 3.8) is 0 Å². The highest BCUT2D eigenvalue weighted by atomic mass is 32.1. The highest BCUT2D eigenvalue weighted by molar-refractivity contribution is 7.06. The van der Waals surface area contributed by atoms with Crippen LogP contribution in [0.2, 0.25) is 0 Å². The Morgan fingerprint density at radius 3 is 2.54 bits per heavy atom. The first-order valence-electron chi connectivity index (χ1n) is 3.54. The van der Waals surface area contributed by atoms with Crippen molar-refractivity contribution in [3.05, 3.63) is 10.6 Å². The second-order valence-electron chi connectivity index (χ2n) is 2.49. The molecular weight excluding hydrogens is 198 g/mol. The number of alkyl halides is 2. The lowest BCUT2D eigenvalue weighted by molar-refractivity contribution is -0.126. The van der Waals surface area contributed by atoms with Crippen molar-refractivity contribution in [3.8, 4) is 0 Å². The van der Waals surface area contributed by atoms with E-state index >= 15 is 0 Å². The Morgan fingerprint density at radius 2 is 2.15 bits per heavy atom. The van der Waals surface area contributed by atoms with Crippen LogP contribution in [0.25, 0.3) is 0 Å². The molecule has 0 aliphatic heterocycles. The summed E-state index contributed by atoms with van der Waals surface area (Å²) in [6.07, 6.45) is -2.99. The van der Waals surface area contributed by atoms with Crippen molar-refractivity contribution in [2.24, 2.45) is 0 Å². The Hall–Kier alpha value is -1.04. The summed E-state index contributed by atoms with van der Waals surface area (Å²) in [6.45, 7) is 3.37. The molecule has 1 rings (SSSR count). The number of nitrogens with zero attached hydrogens (tertiary/aromatic N) is 1. The minimum atomic E-state index is -2.99. The molecular formula is C7H8F2N2OS. The van der Waals surface area contributed by atoms with Gasteiger partial charge in [-0.2, -0.15) is 13.2 Å². The smallest absolute Gasteiger partial charge is 0.315 e. The molecule has 1 amide bonds. The zero-order valence-electron chi connectivity index (χ0n) is 7.10. The van der Waals surface area contributed by atoms with E-state index in [1.165, 1.54) is 11.5 Å². The van der Waals surface area contributed by atoms with Gasteiger partial charge in [0, 0.05) is 4.88 Å². The number of rotatable bonds is 2. The Morgan fingerprint density at radius 1 is 1.54 bits per heavy atom. The fourth-order valence-electron chi connectivity index (χ4n) is 0.839. The third-order valence-corrected chi connectivity index (χ3v) is 2.32. The van der Waals surface area contributed by atoms with Crippen molar-refractivity contribution in [2.75, 3.05) is 5.32 Å². The van der Waals surface area contributed by atoms with Gasteiger partial charge < -0.3 is 5.32 Å². The molecule has 0 saturated carbocycles. The van der Waals surface area contributed by atoms with Crippen LogP contribution in [0, 0.1) is 13.8 Å². The van der Waals surface area contributed by atoms with Crippen LogP contribution in [0.3, 0.4) is 0 Å². The number of halogens is 2. The van der Waals surface area contributed by atoms with Crippen molar-refractivity contribution in [1.82, 2.24) is 4.37 Å². The van der Waals surface area contributed by atoms with E-state index in [-0.39, 0.29) is 0 Å². The number of anilines is 1. The van der Waals surface area contributed by atoms with Gasteiger partial charge in [0.25, 0.3) is 5.91 Å². The van der Waals surface area contributed by atoms with Crippen molar-refractivity contribution in [2.45, 2.75) is 20.3 Å². The predicted octanol–water partition coefficient (Wildman–Crippen LogP) is 1.96. The van der Waals surface area contributed by atoms with Crippen LogP contribution < -0.4 is 5.32 Å². The summed E-state index contributed by atoms with van der Waals surface area (Å²) in [7, 11) is 0. The van der Waals surface area contributed by atoms with Gasteiger partial charge in [0.15, 0.2) is 0 Å². The summed E-state index contributed by atoms with van der Waals surface area (Å²) in [6, 6.07) is 0. The molecule has 1 aromatic heterocycles. The maximum absolute atomic E-state index is 11.9. The lowest BCUT2D eigenvalue weighted by Crippen LogP contribution is -2.20. The molecule has 0 saturated heterocycles. The number of amides is 1. The molecule has 0 aromatic carbocycles. The summed E-state index contributed by atoms with van der Waals surface area (Å²) < 4.78 is 27.6. The maximum Gasteiger partial charge on any atom is 0.315 e.